The molecule has 2 atom stereocenters. The fourth-order valence-electron chi connectivity index (χ4n) is 4.47. The number of fused-ring (bicyclic) bond motifs is 1. The van der Waals surface area contributed by atoms with Crippen LogP contribution in [-0.4, -0.2) is 6.04 Å². The summed E-state index contributed by atoms with van der Waals surface area (Å²) in [7, 11) is 0. The standard InChI is InChI=1S/C20H31N/c1-15(16-9-5-4-6-10-16)21-19-13-14-20(2,3)18-12-8-7-11-17(18)19/h7-8,11-12,15-16,19,21H,4-6,9-10,13-14H2,1-3H3/t15-,19?/m0/s1. The van der Waals surface area contributed by atoms with Crippen LogP contribution in [0, 0.1) is 5.92 Å². The lowest BCUT2D eigenvalue weighted by Crippen LogP contribution is -2.40. The van der Waals surface area contributed by atoms with E-state index in [4.69, 9.17) is 0 Å². The monoisotopic (exact) mass is 285 g/mol. The van der Waals surface area contributed by atoms with Gasteiger partial charge in [0.15, 0.2) is 0 Å². The zero-order chi connectivity index (χ0) is 14.9. The molecule has 1 nitrogen and oxygen atoms in total. The highest BCUT2D eigenvalue weighted by molar-refractivity contribution is 5.38. The molecule has 0 bridgehead atoms. The van der Waals surface area contributed by atoms with Crippen molar-refractivity contribution in [2.24, 2.45) is 5.92 Å². The van der Waals surface area contributed by atoms with Crippen LogP contribution in [0.15, 0.2) is 24.3 Å². The van der Waals surface area contributed by atoms with Crippen molar-refractivity contribution >= 4 is 0 Å². The summed E-state index contributed by atoms with van der Waals surface area (Å²) in [4.78, 5) is 0. The van der Waals surface area contributed by atoms with Gasteiger partial charge in [-0.2, -0.15) is 0 Å². The van der Waals surface area contributed by atoms with Crippen molar-refractivity contribution in [3.8, 4) is 0 Å². The van der Waals surface area contributed by atoms with Gasteiger partial charge in [0.25, 0.3) is 0 Å². The Labute approximate surface area is 130 Å². The lowest BCUT2D eigenvalue weighted by molar-refractivity contribution is 0.247. The molecule has 21 heavy (non-hydrogen) atoms. The second kappa shape index (κ2) is 6.12. The summed E-state index contributed by atoms with van der Waals surface area (Å²) in [6.07, 6.45) is 9.74. The Kier molecular flexibility index (Phi) is 4.40. The van der Waals surface area contributed by atoms with Gasteiger partial charge in [-0.05, 0) is 55.1 Å². The van der Waals surface area contributed by atoms with Crippen LogP contribution in [0.5, 0.6) is 0 Å². The van der Waals surface area contributed by atoms with Crippen LogP contribution in [0.1, 0.15) is 82.9 Å². The SMILES string of the molecule is C[C@H](NC1CCC(C)(C)c2ccccc21)C1CCCCC1. The third-order valence-electron chi connectivity index (χ3n) is 5.94. The van der Waals surface area contributed by atoms with Gasteiger partial charge < -0.3 is 5.32 Å². The van der Waals surface area contributed by atoms with E-state index in [0.717, 1.165) is 5.92 Å². The van der Waals surface area contributed by atoms with Crippen LogP contribution < -0.4 is 5.32 Å². The second-order valence-corrected chi connectivity index (χ2v) is 7.92. The second-order valence-electron chi connectivity index (χ2n) is 7.92. The van der Waals surface area contributed by atoms with Crippen molar-refractivity contribution in [2.45, 2.75) is 83.2 Å². The molecule has 1 fully saturated rings. The van der Waals surface area contributed by atoms with E-state index in [1.165, 1.54) is 44.9 Å². The Bertz CT molecular complexity index is 470. The molecule has 0 aliphatic heterocycles. The van der Waals surface area contributed by atoms with Crippen LogP contribution >= 0.6 is 0 Å². The zero-order valence-electron chi connectivity index (χ0n) is 14.0. The maximum absolute atomic E-state index is 3.98. The minimum atomic E-state index is 0.336. The number of benzene rings is 1. The first-order valence-electron chi connectivity index (χ1n) is 8.93. The van der Waals surface area contributed by atoms with Gasteiger partial charge in [0.2, 0.25) is 0 Å². The van der Waals surface area contributed by atoms with Crippen molar-refractivity contribution < 1.29 is 0 Å². The van der Waals surface area contributed by atoms with Crippen LogP contribution in [0.4, 0.5) is 0 Å². The predicted octanol–water partition coefficient (Wildman–Crippen LogP) is 5.36. The summed E-state index contributed by atoms with van der Waals surface area (Å²) in [5.41, 5.74) is 3.45. The molecule has 1 aromatic carbocycles. The van der Waals surface area contributed by atoms with E-state index in [1.807, 2.05) is 0 Å². The molecule has 2 aliphatic carbocycles. The van der Waals surface area contributed by atoms with Crippen molar-refractivity contribution in [1.29, 1.82) is 0 Å². The maximum Gasteiger partial charge on any atom is 0.0325 e. The van der Waals surface area contributed by atoms with Crippen LogP contribution in [0.25, 0.3) is 0 Å². The van der Waals surface area contributed by atoms with E-state index in [1.54, 1.807) is 11.1 Å². The summed E-state index contributed by atoms with van der Waals surface area (Å²) >= 11 is 0. The fraction of sp³-hybridized carbons (Fsp3) is 0.700. The Balaban J connectivity index is 1.74. The lowest BCUT2D eigenvalue weighted by atomic mass is 9.70. The Morgan fingerprint density at radius 1 is 1.05 bits per heavy atom. The van der Waals surface area contributed by atoms with Gasteiger partial charge >= 0.3 is 0 Å². The Hall–Kier alpha value is -0.820. The predicted molar refractivity (Wildman–Crippen MR) is 90.6 cm³/mol. The van der Waals surface area contributed by atoms with Gasteiger partial charge in [-0.1, -0.05) is 57.4 Å². The first-order chi connectivity index (χ1) is 10.1. The highest BCUT2D eigenvalue weighted by atomic mass is 15.0. The van der Waals surface area contributed by atoms with Crippen LogP contribution in [-0.2, 0) is 5.41 Å². The number of hydrogen-bond donors (Lipinski definition) is 1. The molecule has 0 spiro atoms. The maximum atomic E-state index is 3.98. The Morgan fingerprint density at radius 2 is 1.76 bits per heavy atom. The topological polar surface area (TPSA) is 12.0 Å². The van der Waals surface area contributed by atoms with Gasteiger partial charge in [-0.3, -0.25) is 0 Å². The quantitative estimate of drug-likeness (QED) is 0.788. The molecule has 116 valence electrons. The summed E-state index contributed by atoms with van der Waals surface area (Å²) in [6.45, 7) is 7.21. The summed E-state index contributed by atoms with van der Waals surface area (Å²) < 4.78 is 0. The van der Waals surface area contributed by atoms with E-state index in [-0.39, 0.29) is 0 Å². The minimum absolute atomic E-state index is 0.336. The number of nitrogens with one attached hydrogen (secondary N) is 1. The first kappa shape index (κ1) is 15.1. The molecule has 0 saturated heterocycles. The molecule has 0 amide bonds. The van der Waals surface area contributed by atoms with Gasteiger partial charge in [-0.15, -0.1) is 0 Å². The fourth-order valence-corrected chi connectivity index (χ4v) is 4.47. The highest BCUT2D eigenvalue weighted by Gasteiger charge is 2.33. The minimum Gasteiger partial charge on any atom is -0.307 e. The molecule has 1 aromatic rings. The van der Waals surface area contributed by atoms with Gasteiger partial charge in [0, 0.05) is 12.1 Å². The normalized spacial score (nSPS) is 27.1. The summed E-state index contributed by atoms with van der Waals surface area (Å²) in [5.74, 6) is 0.890. The molecule has 0 aromatic heterocycles. The Morgan fingerprint density at radius 3 is 2.52 bits per heavy atom. The van der Waals surface area contributed by atoms with Gasteiger partial charge in [0.1, 0.15) is 0 Å². The molecule has 1 N–H and O–H groups in total. The van der Waals surface area contributed by atoms with Crippen molar-refractivity contribution in [3.63, 3.8) is 0 Å². The smallest absolute Gasteiger partial charge is 0.0325 e. The van der Waals surface area contributed by atoms with E-state index < -0.39 is 0 Å². The van der Waals surface area contributed by atoms with Crippen molar-refractivity contribution in [2.75, 3.05) is 0 Å². The zero-order valence-corrected chi connectivity index (χ0v) is 14.0. The number of rotatable bonds is 3. The molecular weight excluding hydrogens is 254 g/mol. The van der Waals surface area contributed by atoms with Gasteiger partial charge in [0.05, 0.1) is 0 Å². The molecule has 0 heterocycles. The average molecular weight is 285 g/mol. The molecule has 1 saturated carbocycles. The molecule has 1 heteroatoms. The molecule has 2 aliphatic rings. The third kappa shape index (κ3) is 3.18. The van der Waals surface area contributed by atoms with Crippen LogP contribution in [0.2, 0.25) is 0 Å². The lowest BCUT2D eigenvalue weighted by Gasteiger charge is -2.40. The third-order valence-corrected chi connectivity index (χ3v) is 5.94. The molecule has 3 rings (SSSR count). The first-order valence-corrected chi connectivity index (χ1v) is 8.93. The van der Waals surface area contributed by atoms with Crippen molar-refractivity contribution in [3.05, 3.63) is 35.4 Å². The van der Waals surface area contributed by atoms with E-state index in [2.05, 4.69) is 50.4 Å². The number of hydrogen-bond acceptors (Lipinski definition) is 1. The van der Waals surface area contributed by atoms with Gasteiger partial charge in [-0.25, -0.2) is 0 Å². The molecule has 0 radical (unpaired) electrons. The van der Waals surface area contributed by atoms with E-state index >= 15 is 0 Å². The van der Waals surface area contributed by atoms with Crippen molar-refractivity contribution in [1.82, 2.24) is 5.32 Å². The van der Waals surface area contributed by atoms with Crippen LogP contribution in [0.3, 0.4) is 0 Å². The average Bonchev–Trinajstić information content (AvgIpc) is 2.51. The summed E-state index contributed by atoms with van der Waals surface area (Å²) in [5, 5.41) is 3.98. The van der Waals surface area contributed by atoms with E-state index in [9.17, 15) is 0 Å². The highest BCUT2D eigenvalue weighted by Crippen LogP contribution is 2.42. The largest absolute Gasteiger partial charge is 0.307 e. The molecule has 1 unspecified atom stereocenters. The van der Waals surface area contributed by atoms with E-state index in [0.29, 0.717) is 17.5 Å². The summed E-state index contributed by atoms with van der Waals surface area (Å²) in [6, 6.07) is 10.3. The molecular formula is C20H31N.